The summed E-state index contributed by atoms with van der Waals surface area (Å²) >= 11 is 0. The first-order chi connectivity index (χ1) is 10.7. The number of rotatable bonds is 5. The Hall–Kier alpha value is -1.39. The van der Waals surface area contributed by atoms with Gasteiger partial charge in [0.2, 0.25) is 0 Å². The quantitative estimate of drug-likeness (QED) is 0.822. The lowest BCUT2D eigenvalue weighted by Crippen LogP contribution is -2.35. The summed E-state index contributed by atoms with van der Waals surface area (Å²) in [5, 5.41) is 1.48. The first-order valence-corrected chi connectivity index (χ1v) is 8.37. The molecular weight excluding hydrogens is 278 g/mol. The molecule has 1 heterocycles. The third-order valence-corrected chi connectivity index (χ3v) is 4.27. The second-order valence-corrected chi connectivity index (χ2v) is 6.66. The molecule has 0 spiro atoms. The second-order valence-electron chi connectivity index (χ2n) is 6.66. The maximum absolute atomic E-state index is 12.6. The van der Waals surface area contributed by atoms with E-state index >= 15 is 0 Å². The number of benzene rings is 1. The summed E-state index contributed by atoms with van der Waals surface area (Å²) in [7, 11) is 0. The van der Waals surface area contributed by atoms with Crippen molar-refractivity contribution in [1.29, 1.82) is 0 Å². The molecule has 1 aromatic rings. The summed E-state index contributed by atoms with van der Waals surface area (Å²) in [4.78, 5) is 18.7. The minimum Gasteiger partial charge on any atom is -0.351 e. The smallest absolute Gasteiger partial charge is 0.280 e. The number of carbonyl (C=O) groups is 1. The largest absolute Gasteiger partial charge is 0.351 e. The Morgan fingerprint density at radius 2 is 1.91 bits per heavy atom. The average molecular weight is 303 g/mol. The highest BCUT2D eigenvalue weighted by Gasteiger charge is 2.40. The number of hydroxylamine groups is 2. The SMILES string of the molecule is CC(C)COC1c2ccccc2C(=O)N1OC1CCCCC1. The fourth-order valence-electron chi connectivity index (χ4n) is 3.13. The van der Waals surface area contributed by atoms with Crippen LogP contribution >= 0.6 is 0 Å². The van der Waals surface area contributed by atoms with E-state index in [1.807, 2.05) is 24.3 Å². The van der Waals surface area contributed by atoms with E-state index in [-0.39, 0.29) is 12.0 Å². The number of hydrogen-bond donors (Lipinski definition) is 0. The molecule has 1 aliphatic heterocycles. The lowest BCUT2D eigenvalue weighted by molar-refractivity contribution is -0.247. The van der Waals surface area contributed by atoms with Crippen molar-refractivity contribution in [3.8, 4) is 0 Å². The van der Waals surface area contributed by atoms with Gasteiger partial charge in [-0.2, -0.15) is 5.06 Å². The molecule has 0 saturated heterocycles. The molecule has 1 atom stereocenters. The highest BCUT2D eigenvalue weighted by Crippen LogP contribution is 2.36. The Balaban J connectivity index is 1.78. The normalized spacial score (nSPS) is 22.4. The third-order valence-electron chi connectivity index (χ3n) is 4.27. The van der Waals surface area contributed by atoms with E-state index < -0.39 is 6.23 Å². The molecule has 1 unspecified atom stereocenters. The van der Waals surface area contributed by atoms with Gasteiger partial charge in [0.1, 0.15) is 0 Å². The molecule has 0 bridgehead atoms. The van der Waals surface area contributed by atoms with Gasteiger partial charge in [0.25, 0.3) is 5.91 Å². The topological polar surface area (TPSA) is 38.8 Å². The van der Waals surface area contributed by atoms with Crippen molar-refractivity contribution in [2.75, 3.05) is 6.61 Å². The Morgan fingerprint density at radius 1 is 1.18 bits per heavy atom. The summed E-state index contributed by atoms with van der Waals surface area (Å²) < 4.78 is 6.00. The molecule has 120 valence electrons. The highest BCUT2D eigenvalue weighted by molar-refractivity contribution is 5.98. The second kappa shape index (κ2) is 6.80. The van der Waals surface area contributed by atoms with Crippen molar-refractivity contribution >= 4 is 5.91 Å². The van der Waals surface area contributed by atoms with E-state index in [4.69, 9.17) is 9.57 Å². The van der Waals surface area contributed by atoms with Crippen LogP contribution in [-0.2, 0) is 9.57 Å². The maximum Gasteiger partial charge on any atom is 0.280 e. The summed E-state index contributed by atoms with van der Waals surface area (Å²) in [6, 6.07) is 7.65. The summed E-state index contributed by atoms with van der Waals surface area (Å²) in [5.41, 5.74) is 1.62. The summed E-state index contributed by atoms with van der Waals surface area (Å²) in [5.74, 6) is 0.342. The molecule has 4 heteroatoms. The van der Waals surface area contributed by atoms with Crippen LogP contribution < -0.4 is 0 Å². The highest BCUT2D eigenvalue weighted by atomic mass is 16.7. The van der Waals surface area contributed by atoms with Gasteiger partial charge in [-0.15, -0.1) is 0 Å². The van der Waals surface area contributed by atoms with Crippen molar-refractivity contribution in [3.63, 3.8) is 0 Å². The lowest BCUT2D eigenvalue weighted by atomic mass is 9.98. The van der Waals surface area contributed by atoms with Crippen LogP contribution in [0.25, 0.3) is 0 Å². The first kappa shape index (κ1) is 15.5. The molecule has 4 nitrogen and oxygen atoms in total. The van der Waals surface area contributed by atoms with Gasteiger partial charge in [-0.25, -0.2) is 0 Å². The van der Waals surface area contributed by atoms with Crippen LogP contribution in [0, 0.1) is 5.92 Å². The van der Waals surface area contributed by atoms with Crippen molar-refractivity contribution < 1.29 is 14.4 Å². The Labute approximate surface area is 132 Å². The van der Waals surface area contributed by atoms with Crippen LogP contribution in [0.3, 0.4) is 0 Å². The van der Waals surface area contributed by atoms with Gasteiger partial charge in [0.15, 0.2) is 6.23 Å². The van der Waals surface area contributed by atoms with Gasteiger partial charge in [-0.3, -0.25) is 9.63 Å². The number of carbonyl (C=O) groups excluding carboxylic acids is 1. The van der Waals surface area contributed by atoms with E-state index in [9.17, 15) is 4.79 Å². The minimum absolute atomic E-state index is 0.0741. The number of amides is 1. The predicted octanol–water partition coefficient (Wildman–Crippen LogP) is 4.08. The number of nitrogens with zero attached hydrogens (tertiary/aromatic N) is 1. The summed E-state index contributed by atoms with van der Waals surface area (Å²) in [6.07, 6.45) is 5.40. The molecule has 1 aliphatic carbocycles. The zero-order valence-corrected chi connectivity index (χ0v) is 13.5. The number of hydrogen-bond acceptors (Lipinski definition) is 3. The fourth-order valence-corrected chi connectivity index (χ4v) is 3.13. The molecule has 1 amide bonds. The van der Waals surface area contributed by atoms with Gasteiger partial charge < -0.3 is 4.74 Å². The monoisotopic (exact) mass is 303 g/mol. The van der Waals surface area contributed by atoms with E-state index in [1.165, 1.54) is 24.3 Å². The third kappa shape index (κ3) is 3.18. The first-order valence-electron chi connectivity index (χ1n) is 8.37. The molecule has 3 rings (SSSR count). The molecule has 0 aromatic heterocycles. The van der Waals surface area contributed by atoms with Crippen LogP contribution in [-0.4, -0.2) is 23.7 Å². The molecule has 0 radical (unpaired) electrons. The molecule has 1 fully saturated rings. The average Bonchev–Trinajstić information content (AvgIpc) is 2.79. The van der Waals surface area contributed by atoms with Crippen LogP contribution in [0.5, 0.6) is 0 Å². The minimum atomic E-state index is -0.409. The zero-order chi connectivity index (χ0) is 15.5. The molecule has 1 saturated carbocycles. The van der Waals surface area contributed by atoms with Crippen molar-refractivity contribution in [1.82, 2.24) is 5.06 Å². The maximum atomic E-state index is 12.6. The van der Waals surface area contributed by atoms with E-state index in [2.05, 4.69) is 13.8 Å². The van der Waals surface area contributed by atoms with Gasteiger partial charge >= 0.3 is 0 Å². The molecule has 2 aliphatic rings. The Kier molecular flexibility index (Phi) is 4.79. The van der Waals surface area contributed by atoms with Crippen LogP contribution in [0.1, 0.15) is 68.1 Å². The number of ether oxygens (including phenoxy) is 1. The van der Waals surface area contributed by atoms with Gasteiger partial charge in [-0.1, -0.05) is 51.3 Å². The van der Waals surface area contributed by atoms with Crippen LogP contribution in [0.15, 0.2) is 24.3 Å². The van der Waals surface area contributed by atoms with E-state index in [1.54, 1.807) is 0 Å². The van der Waals surface area contributed by atoms with Gasteiger partial charge in [-0.05, 0) is 24.8 Å². The molecule has 0 N–H and O–H groups in total. The Bertz CT molecular complexity index is 523. The lowest BCUT2D eigenvalue weighted by Gasteiger charge is -2.30. The summed E-state index contributed by atoms with van der Waals surface area (Å²) in [6.45, 7) is 4.82. The van der Waals surface area contributed by atoms with Crippen molar-refractivity contribution in [2.24, 2.45) is 5.92 Å². The standard InChI is InChI=1S/C18H25NO3/c1-13(2)12-21-18-16-11-7-6-10-15(16)17(20)19(18)22-14-8-4-3-5-9-14/h6-7,10-11,13-14,18H,3-5,8-9,12H2,1-2H3. The van der Waals surface area contributed by atoms with E-state index in [0.29, 0.717) is 18.1 Å². The van der Waals surface area contributed by atoms with Gasteiger partial charge in [0, 0.05) is 11.1 Å². The van der Waals surface area contributed by atoms with Gasteiger partial charge in [0.05, 0.1) is 12.7 Å². The molecular formula is C18H25NO3. The predicted molar refractivity (Wildman–Crippen MR) is 84.1 cm³/mol. The molecule has 22 heavy (non-hydrogen) atoms. The van der Waals surface area contributed by atoms with Crippen LogP contribution in [0.2, 0.25) is 0 Å². The number of fused-ring (bicyclic) bond motifs is 1. The van der Waals surface area contributed by atoms with Crippen molar-refractivity contribution in [2.45, 2.75) is 58.3 Å². The fraction of sp³-hybridized carbons (Fsp3) is 0.611. The molecule has 1 aromatic carbocycles. The zero-order valence-electron chi connectivity index (χ0n) is 13.5. The Morgan fingerprint density at radius 3 is 2.64 bits per heavy atom. The van der Waals surface area contributed by atoms with E-state index in [0.717, 1.165) is 18.4 Å². The van der Waals surface area contributed by atoms with Crippen LogP contribution in [0.4, 0.5) is 0 Å². The van der Waals surface area contributed by atoms with Crippen molar-refractivity contribution in [3.05, 3.63) is 35.4 Å².